The number of anilines is 1. The summed E-state index contributed by atoms with van der Waals surface area (Å²) in [6.45, 7) is 3.93. The number of halogens is 3. The van der Waals surface area contributed by atoms with Crippen molar-refractivity contribution < 1.29 is 18.0 Å². The van der Waals surface area contributed by atoms with Crippen LogP contribution in [0.15, 0.2) is 12.3 Å². The van der Waals surface area contributed by atoms with E-state index in [1.165, 1.54) is 0 Å². The minimum absolute atomic E-state index is 0. The molecule has 0 aliphatic heterocycles. The molecule has 0 unspecified atom stereocenters. The summed E-state index contributed by atoms with van der Waals surface area (Å²) < 4.78 is 40.9. The van der Waals surface area contributed by atoms with E-state index in [0.717, 1.165) is 38.7 Å². The molecular formula is C18H25F3N4O. The molecule has 5 nitrogen and oxygen atoms in total. The second-order valence-electron chi connectivity index (χ2n) is 7.35. The molecule has 0 radical (unpaired) electrons. The summed E-state index contributed by atoms with van der Waals surface area (Å²) in [6.07, 6.45) is -0.425. The Morgan fingerprint density at radius 1 is 1.35 bits per heavy atom. The van der Waals surface area contributed by atoms with Crippen molar-refractivity contribution in [1.29, 1.82) is 0 Å². The molecule has 1 fully saturated rings. The zero-order chi connectivity index (χ0) is 18.4. The molecule has 144 valence electrons. The third kappa shape index (κ3) is 3.68. The molecule has 0 bridgehead atoms. The van der Waals surface area contributed by atoms with Crippen LogP contribution in [0.25, 0.3) is 11.2 Å². The number of carbonyl (C=O) groups excluding carboxylic acids is 1. The number of aromatic nitrogens is 3. The standard InChI is InChI=1S/C17H21F3N4O.CH4/c1-10-7-12-14(21-9-10)24(11-5-4-6-11)15(22-12)23-13(25)8-16(2,3)17(18,19)20;/h7,9,11H,4-6,8H2,1-3H3,(H,22,23,25);1H4. The number of aryl methyl sites for hydroxylation is 1. The molecule has 2 aromatic rings. The van der Waals surface area contributed by atoms with E-state index in [0.29, 0.717) is 11.2 Å². The fraction of sp³-hybridized carbons (Fsp3) is 0.611. The van der Waals surface area contributed by atoms with E-state index in [-0.39, 0.29) is 19.4 Å². The molecule has 0 saturated heterocycles. The smallest absolute Gasteiger partial charge is 0.296 e. The lowest BCUT2D eigenvalue weighted by Crippen LogP contribution is -2.36. The minimum atomic E-state index is -4.45. The molecule has 3 rings (SSSR count). The molecule has 1 saturated carbocycles. The number of nitrogens with zero attached hydrogens (tertiary/aromatic N) is 3. The van der Waals surface area contributed by atoms with Gasteiger partial charge in [-0.3, -0.25) is 14.7 Å². The van der Waals surface area contributed by atoms with Crippen LogP contribution in [-0.2, 0) is 4.79 Å². The predicted octanol–water partition coefficient (Wildman–Crippen LogP) is 5.02. The van der Waals surface area contributed by atoms with Crippen LogP contribution < -0.4 is 5.32 Å². The number of hydrogen-bond donors (Lipinski definition) is 1. The minimum Gasteiger partial charge on any atom is -0.296 e. The Kier molecular flexibility index (Phi) is 5.35. The summed E-state index contributed by atoms with van der Waals surface area (Å²) in [5.74, 6) is -0.421. The van der Waals surface area contributed by atoms with Gasteiger partial charge >= 0.3 is 6.18 Å². The van der Waals surface area contributed by atoms with E-state index >= 15 is 0 Å². The highest BCUT2D eigenvalue weighted by atomic mass is 19.4. The van der Waals surface area contributed by atoms with Crippen molar-refractivity contribution in [2.45, 2.75) is 66.1 Å². The molecule has 26 heavy (non-hydrogen) atoms. The van der Waals surface area contributed by atoms with E-state index in [1.54, 1.807) is 6.20 Å². The summed E-state index contributed by atoms with van der Waals surface area (Å²) in [5.41, 5.74) is 0.124. The fourth-order valence-electron chi connectivity index (χ4n) is 2.83. The lowest BCUT2D eigenvalue weighted by Gasteiger charge is -2.29. The SMILES string of the molecule is C.Cc1cnc2c(c1)nc(NC(=O)CC(C)(C)C(F)(F)F)n2C1CCC1. The predicted molar refractivity (Wildman–Crippen MR) is 95.0 cm³/mol. The van der Waals surface area contributed by atoms with Gasteiger partial charge in [-0.2, -0.15) is 13.2 Å². The van der Waals surface area contributed by atoms with Crippen molar-refractivity contribution in [3.63, 3.8) is 0 Å². The summed E-state index contributed by atoms with van der Waals surface area (Å²) in [6, 6.07) is 2.03. The normalized spacial score (nSPS) is 15.5. The van der Waals surface area contributed by atoms with Crippen molar-refractivity contribution in [3.8, 4) is 0 Å². The maximum atomic E-state index is 13.0. The Morgan fingerprint density at radius 2 is 2.00 bits per heavy atom. The maximum Gasteiger partial charge on any atom is 0.394 e. The zero-order valence-electron chi connectivity index (χ0n) is 14.4. The van der Waals surface area contributed by atoms with E-state index < -0.39 is 23.9 Å². The van der Waals surface area contributed by atoms with Crippen molar-refractivity contribution in [3.05, 3.63) is 17.8 Å². The number of nitrogens with one attached hydrogen (secondary N) is 1. The first-order valence-electron chi connectivity index (χ1n) is 8.30. The molecule has 1 N–H and O–H groups in total. The molecule has 0 aromatic carbocycles. The average Bonchev–Trinajstić information content (AvgIpc) is 2.72. The van der Waals surface area contributed by atoms with Crippen molar-refractivity contribution >= 4 is 23.0 Å². The second-order valence-corrected chi connectivity index (χ2v) is 7.35. The molecule has 2 aromatic heterocycles. The number of rotatable bonds is 4. The Balaban J connectivity index is 0.00000243. The topological polar surface area (TPSA) is 59.8 Å². The fourth-order valence-corrected chi connectivity index (χ4v) is 2.83. The molecule has 1 amide bonds. The van der Waals surface area contributed by atoms with Crippen LogP contribution in [0, 0.1) is 12.3 Å². The first-order chi connectivity index (χ1) is 11.6. The van der Waals surface area contributed by atoms with Crippen LogP contribution in [0.4, 0.5) is 19.1 Å². The molecule has 0 spiro atoms. The van der Waals surface area contributed by atoms with E-state index in [2.05, 4.69) is 15.3 Å². The van der Waals surface area contributed by atoms with Gasteiger partial charge in [0.2, 0.25) is 11.9 Å². The van der Waals surface area contributed by atoms with Crippen LogP contribution >= 0.6 is 0 Å². The first-order valence-corrected chi connectivity index (χ1v) is 8.30. The number of fused-ring (bicyclic) bond motifs is 1. The van der Waals surface area contributed by atoms with Gasteiger partial charge < -0.3 is 0 Å². The van der Waals surface area contributed by atoms with Crippen LogP contribution in [0.5, 0.6) is 0 Å². The lowest BCUT2D eigenvalue weighted by atomic mass is 9.88. The van der Waals surface area contributed by atoms with Crippen LogP contribution in [-0.4, -0.2) is 26.6 Å². The van der Waals surface area contributed by atoms with Crippen LogP contribution in [0.2, 0.25) is 0 Å². The van der Waals surface area contributed by atoms with Gasteiger partial charge in [-0.05, 0) is 37.8 Å². The van der Waals surface area contributed by atoms with Crippen LogP contribution in [0.3, 0.4) is 0 Å². The van der Waals surface area contributed by atoms with Gasteiger partial charge in [-0.25, -0.2) is 9.97 Å². The maximum absolute atomic E-state index is 13.0. The van der Waals surface area contributed by atoms with Gasteiger partial charge in [0.05, 0.1) is 5.41 Å². The monoisotopic (exact) mass is 370 g/mol. The highest BCUT2D eigenvalue weighted by Crippen LogP contribution is 2.41. The number of carbonyl (C=O) groups is 1. The Hall–Kier alpha value is -2.12. The van der Waals surface area contributed by atoms with Gasteiger partial charge in [-0.1, -0.05) is 21.3 Å². The van der Waals surface area contributed by atoms with Gasteiger partial charge in [0.15, 0.2) is 5.65 Å². The number of amides is 1. The molecule has 8 heteroatoms. The highest BCUT2D eigenvalue weighted by molar-refractivity contribution is 5.91. The number of pyridine rings is 1. The lowest BCUT2D eigenvalue weighted by molar-refractivity contribution is -0.213. The van der Waals surface area contributed by atoms with Gasteiger partial charge in [0.1, 0.15) is 5.52 Å². The van der Waals surface area contributed by atoms with Gasteiger partial charge in [0, 0.05) is 18.7 Å². The van der Waals surface area contributed by atoms with Crippen molar-refractivity contribution in [2.75, 3.05) is 5.32 Å². The van der Waals surface area contributed by atoms with Crippen LogP contribution in [0.1, 0.15) is 58.6 Å². The molecule has 2 heterocycles. The van der Waals surface area contributed by atoms with Crippen molar-refractivity contribution in [2.24, 2.45) is 5.41 Å². The average molecular weight is 370 g/mol. The van der Waals surface area contributed by atoms with E-state index in [9.17, 15) is 18.0 Å². The first kappa shape index (κ1) is 20.2. The van der Waals surface area contributed by atoms with E-state index in [1.807, 2.05) is 17.6 Å². The van der Waals surface area contributed by atoms with E-state index in [4.69, 9.17) is 0 Å². The largest absolute Gasteiger partial charge is 0.394 e. The van der Waals surface area contributed by atoms with Crippen molar-refractivity contribution in [1.82, 2.24) is 14.5 Å². The zero-order valence-corrected chi connectivity index (χ0v) is 14.4. The third-order valence-electron chi connectivity index (χ3n) is 4.73. The molecule has 1 aliphatic rings. The molecular weight excluding hydrogens is 345 g/mol. The van der Waals surface area contributed by atoms with Gasteiger partial charge in [0.25, 0.3) is 0 Å². The summed E-state index contributed by atoms with van der Waals surface area (Å²) >= 11 is 0. The third-order valence-corrected chi connectivity index (χ3v) is 4.73. The molecule has 0 atom stereocenters. The summed E-state index contributed by atoms with van der Waals surface area (Å²) in [7, 11) is 0. The highest BCUT2D eigenvalue weighted by Gasteiger charge is 2.48. The Morgan fingerprint density at radius 3 is 2.54 bits per heavy atom. The molecule has 1 aliphatic carbocycles. The Labute approximate surface area is 151 Å². The summed E-state index contributed by atoms with van der Waals surface area (Å²) in [4.78, 5) is 21.0. The summed E-state index contributed by atoms with van der Waals surface area (Å²) in [5, 5.41) is 2.57. The van der Waals surface area contributed by atoms with Gasteiger partial charge in [-0.15, -0.1) is 0 Å². The Bertz CT molecular complexity index is 807. The quantitative estimate of drug-likeness (QED) is 0.822. The number of alkyl halides is 3. The second kappa shape index (κ2) is 6.89. The number of imidazole rings is 1. The number of hydrogen-bond acceptors (Lipinski definition) is 3.